The minimum atomic E-state index is -0.956. The Morgan fingerprint density at radius 3 is 2.50 bits per heavy atom. The Morgan fingerprint density at radius 1 is 1.25 bits per heavy atom. The second-order valence-corrected chi connectivity index (χ2v) is 6.46. The maximum absolute atomic E-state index is 11.7. The summed E-state index contributed by atoms with van der Waals surface area (Å²) in [4.78, 5) is 26.5. The molecule has 1 unspecified atom stereocenters. The first-order valence-electron chi connectivity index (χ1n) is 7.91. The molecule has 0 aromatic heterocycles. The number of carboxylic acid groups (broad SMARTS) is 1. The van der Waals surface area contributed by atoms with E-state index in [1.807, 2.05) is 24.3 Å². The Labute approximate surface area is 154 Å². The zero-order chi connectivity index (χ0) is 16.8. The third-order valence-corrected chi connectivity index (χ3v) is 4.51. The van der Waals surface area contributed by atoms with Crippen molar-refractivity contribution in [2.24, 2.45) is 0 Å². The third-order valence-electron chi connectivity index (χ3n) is 4.26. The number of nitrogens with zero attached hydrogens (tertiary/aromatic N) is 2. The largest absolute Gasteiger partial charge is 0.480 e. The first-order valence-corrected chi connectivity index (χ1v) is 8.29. The maximum Gasteiger partial charge on any atom is 0.323 e. The van der Waals surface area contributed by atoms with E-state index in [2.05, 4.69) is 4.90 Å². The molecule has 1 N–H and O–H groups in total. The average Bonchev–Trinajstić information content (AvgIpc) is 2.72. The molecular weight excluding hydrogens is 351 g/mol. The van der Waals surface area contributed by atoms with Gasteiger partial charge in [-0.05, 0) is 43.5 Å². The van der Waals surface area contributed by atoms with Crippen LogP contribution >= 0.6 is 24.0 Å². The fraction of sp³-hybridized carbons (Fsp3) is 0.529. The van der Waals surface area contributed by atoms with Crippen molar-refractivity contribution in [2.45, 2.75) is 38.8 Å². The van der Waals surface area contributed by atoms with Crippen molar-refractivity contribution in [1.82, 2.24) is 9.80 Å². The highest BCUT2D eigenvalue weighted by Gasteiger charge is 2.26. The van der Waals surface area contributed by atoms with Crippen LogP contribution in [0.15, 0.2) is 24.3 Å². The second kappa shape index (κ2) is 9.87. The van der Waals surface area contributed by atoms with Crippen LogP contribution in [0.2, 0.25) is 5.02 Å². The van der Waals surface area contributed by atoms with E-state index in [4.69, 9.17) is 16.7 Å². The van der Waals surface area contributed by atoms with E-state index in [0.717, 1.165) is 43.9 Å². The van der Waals surface area contributed by atoms with Crippen molar-refractivity contribution in [3.8, 4) is 0 Å². The van der Waals surface area contributed by atoms with Crippen LogP contribution in [0.1, 0.15) is 31.7 Å². The lowest BCUT2D eigenvalue weighted by atomic mass is 10.1. The van der Waals surface area contributed by atoms with Gasteiger partial charge in [0.15, 0.2) is 0 Å². The number of carboxylic acids is 1. The molecule has 24 heavy (non-hydrogen) atoms. The molecule has 1 aliphatic heterocycles. The van der Waals surface area contributed by atoms with Gasteiger partial charge in [0.1, 0.15) is 6.54 Å². The number of rotatable bonds is 5. The molecule has 1 heterocycles. The monoisotopic (exact) mass is 374 g/mol. The minimum Gasteiger partial charge on any atom is -0.480 e. The van der Waals surface area contributed by atoms with Gasteiger partial charge in [0.05, 0.1) is 0 Å². The number of hydrogen-bond acceptors (Lipinski definition) is 3. The first kappa shape index (κ1) is 20.7. The smallest absolute Gasteiger partial charge is 0.323 e. The summed E-state index contributed by atoms with van der Waals surface area (Å²) >= 11 is 5.91. The van der Waals surface area contributed by atoms with Crippen molar-refractivity contribution in [2.75, 3.05) is 19.6 Å². The number of likely N-dealkylation sites (tertiary alicyclic amines) is 1. The molecule has 134 valence electrons. The molecule has 0 aliphatic carbocycles. The number of benzene rings is 1. The van der Waals surface area contributed by atoms with Crippen molar-refractivity contribution in [3.63, 3.8) is 0 Å². The van der Waals surface area contributed by atoms with Gasteiger partial charge >= 0.3 is 5.97 Å². The molecule has 2 rings (SSSR count). The summed E-state index contributed by atoms with van der Waals surface area (Å²) in [5.74, 6) is -1.12. The fourth-order valence-corrected chi connectivity index (χ4v) is 3.23. The van der Waals surface area contributed by atoms with Crippen LogP contribution in [-0.2, 0) is 16.1 Å². The van der Waals surface area contributed by atoms with Gasteiger partial charge in [-0.1, -0.05) is 23.7 Å². The van der Waals surface area contributed by atoms with Crippen molar-refractivity contribution >= 4 is 35.9 Å². The van der Waals surface area contributed by atoms with Crippen molar-refractivity contribution in [1.29, 1.82) is 0 Å². The zero-order valence-corrected chi connectivity index (χ0v) is 15.4. The number of halogens is 2. The number of carbonyl (C=O) groups excluding carboxylic acids is 1. The molecule has 5 nitrogen and oxygen atoms in total. The lowest BCUT2D eigenvalue weighted by Gasteiger charge is -2.29. The highest BCUT2D eigenvalue weighted by molar-refractivity contribution is 6.30. The van der Waals surface area contributed by atoms with Gasteiger partial charge in [0.25, 0.3) is 0 Å². The Kier molecular flexibility index (Phi) is 8.53. The van der Waals surface area contributed by atoms with Crippen LogP contribution in [0, 0.1) is 0 Å². The quantitative estimate of drug-likeness (QED) is 0.860. The van der Waals surface area contributed by atoms with Gasteiger partial charge in [-0.2, -0.15) is 0 Å². The number of carbonyl (C=O) groups is 2. The summed E-state index contributed by atoms with van der Waals surface area (Å²) in [5, 5.41) is 9.72. The van der Waals surface area contributed by atoms with E-state index in [-0.39, 0.29) is 30.9 Å². The normalized spacial score (nSPS) is 18.3. The van der Waals surface area contributed by atoms with Crippen LogP contribution in [0.25, 0.3) is 0 Å². The van der Waals surface area contributed by atoms with E-state index in [0.29, 0.717) is 0 Å². The van der Waals surface area contributed by atoms with Gasteiger partial charge in [0.2, 0.25) is 5.91 Å². The molecule has 7 heteroatoms. The highest BCUT2D eigenvalue weighted by atomic mass is 35.5. The Morgan fingerprint density at radius 2 is 1.92 bits per heavy atom. The van der Waals surface area contributed by atoms with Gasteiger partial charge in [-0.25, -0.2) is 0 Å². The molecule has 1 aromatic carbocycles. The van der Waals surface area contributed by atoms with Crippen molar-refractivity contribution in [3.05, 3.63) is 34.9 Å². The summed E-state index contributed by atoms with van der Waals surface area (Å²) in [6.07, 6.45) is 2.62. The van der Waals surface area contributed by atoms with Gasteiger partial charge in [-0.15, -0.1) is 12.4 Å². The van der Waals surface area contributed by atoms with E-state index < -0.39 is 5.97 Å². The predicted molar refractivity (Wildman–Crippen MR) is 96.6 cm³/mol. The molecule has 0 spiro atoms. The SMILES string of the molecule is CC(=O)N(CC(=O)O)C1CCCN(Cc2ccc(Cl)cc2)CC1.Cl. The zero-order valence-electron chi connectivity index (χ0n) is 13.8. The Hall–Kier alpha value is -1.30. The molecule has 0 radical (unpaired) electrons. The summed E-state index contributed by atoms with van der Waals surface area (Å²) < 4.78 is 0. The highest BCUT2D eigenvalue weighted by Crippen LogP contribution is 2.19. The van der Waals surface area contributed by atoms with Crippen molar-refractivity contribution < 1.29 is 14.7 Å². The van der Waals surface area contributed by atoms with Crippen LogP contribution < -0.4 is 0 Å². The molecule has 0 saturated carbocycles. The van der Waals surface area contributed by atoms with Gasteiger partial charge in [0, 0.05) is 31.1 Å². The number of hydrogen-bond donors (Lipinski definition) is 1. The van der Waals surface area contributed by atoms with Crippen LogP contribution in [0.5, 0.6) is 0 Å². The molecular formula is C17H24Cl2N2O3. The molecule has 1 atom stereocenters. The minimum absolute atomic E-state index is 0. The van der Waals surface area contributed by atoms with Gasteiger partial charge in [-0.3, -0.25) is 14.5 Å². The number of amides is 1. The number of aliphatic carboxylic acids is 1. The average molecular weight is 375 g/mol. The van der Waals surface area contributed by atoms with Crippen LogP contribution in [0.3, 0.4) is 0 Å². The molecule has 1 fully saturated rings. The van der Waals surface area contributed by atoms with E-state index in [1.165, 1.54) is 17.4 Å². The van der Waals surface area contributed by atoms with Crippen LogP contribution in [0.4, 0.5) is 0 Å². The van der Waals surface area contributed by atoms with Gasteiger partial charge < -0.3 is 10.0 Å². The summed E-state index contributed by atoms with van der Waals surface area (Å²) in [6.45, 7) is 3.90. The Bertz CT molecular complexity index is 551. The third kappa shape index (κ3) is 6.30. The standard InChI is InChI=1S/C17H23ClN2O3.ClH/c1-13(21)20(12-17(22)23)16-3-2-9-19(10-8-16)11-14-4-6-15(18)7-5-14;/h4-7,16H,2-3,8-12H2,1H3,(H,22,23);1H. The molecule has 1 aliphatic rings. The fourth-order valence-electron chi connectivity index (χ4n) is 3.10. The van der Waals surface area contributed by atoms with E-state index in [9.17, 15) is 9.59 Å². The maximum atomic E-state index is 11.7. The van der Waals surface area contributed by atoms with Crippen LogP contribution in [-0.4, -0.2) is 52.5 Å². The molecule has 1 amide bonds. The summed E-state index contributed by atoms with van der Waals surface area (Å²) in [5.41, 5.74) is 1.21. The lowest BCUT2D eigenvalue weighted by molar-refractivity contribution is -0.145. The lowest BCUT2D eigenvalue weighted by Crippen LogP contribution is -2.42. The molecule has 1 saturated heterocycles. The second-order valence-electron chi connectivity index (χ2n) is 6.03. The predicted octanol–water partition coefficient (Wildman–Crippen LogP) is 3.05. The molecule has 0 bridgehead atoms. The van der Waals surface area contributed by atoms with E-state index in [1.54, 1.807) is 0 Å². The van der Waals surface area contributed by atoms with E-state index >= 15 is 0 Å². The first-order chi connectivity index (χ1) is 11.0. The Balaban J connectivity index is 0.00000288. The summed E-state index contributed by atoms with van der Waals surface area (Å²) in [6, 6.07) is 7.84. The topological polar surface area (TPSA) is 60.9 Å². The molecule has 1 aromatic rings. The summed E-state index contributed by atoms with van der Waals surface area (Å²) in [7, 11) is 0.